The molecule has 1 saturated heterocycles. The van der Waals surface area contributed by atoms with E-state index in [0.717, 1.165) is 48.7 Å². The van der Waals surface area contributed by atoms with Crippen LogP contribution in [0.25, 0.3) is 16.6 Å². The van der Waals surface area contributed by atoms with Crippen molar-refractivity contribution < 1.29 is 19.1 Å². The topological polar surface area (TPSA) is 153 Å². The molecule has 5 aromatic rings. The summed E-state index contributed by atoms with van der Waals surface area (Å²) in [4.78, 5) is 45.9. The molecule has 2 aromatic carbocycles. The van der Waals surface area contributed by atoms with Crippen molar-refractivity contribution in [3.05, 3.63) is 72.2 Å². The van der Waals surface area contributed by atoms with E-state index in [4.69, 9.17) is 4.74 Å². The van der Waals surface area contributed by atoms with E-state index >= 15 is 0 Å². The molecule has 1 aliphatic heterocycles. The van der Waals surface area contributed by atoms with Gasteiger partial charge >= 0.3 is 0 Å². The Kier molecular flexibility index (Phi) is 12.5. The Hall–Kier alpha value is -5.50. The molecule has 4 heterocycles. The second kappa shape index (κ2) is 17.8. The molecular formula is C39H50N10O4. The number of carbonyl (C=O) groups is 3. The third kappa shape index (κ3) is 9.49. The molecule has 7 rings (SSSR count). The fourth-order valence-electron chi connectivity index (χ4n) is 7.28. The predicted molar refractivity (Wildman–Crippen MR) is 207 cm³/mol. The molecule has 3 aromatic heterocycles. The summed E-state index contributed by atoms with van der Waals surface area (Å²) in [5.41, 5.74) is 5.49. The largest absolute Gasteiger partial charge is 0.496 e. The van der Waals surface area contributed by atoms with Gasteiger partial charge in [-0.25, -0.2) is 4.98 Å². The van der Waals surface area contributed by atoms with Gasteiger partial charge in [0.2, 0.25) is 12.3 Å². The Morgan fingerprint density at radius 1 is 1.06 bits per heavy atom. The minimum absolute atomic E-state index is 0.243. The number of carbonyl (C=O) groups excluding carboxylic acids is 3. The number of benzene rings is 2. The number of piperazine rings is 1. The summed E-state index contributed by atoms with van der Waals surface area (Å²) in [5, 5.41) is 16.8. The molecule has 14 heteroatoms. The Bertz CT molecular complexity index is 1990. The van der Waals surface area contributed by atoms with Gasteiger partial charge in [0.1, 0.15) is 5.75 Å². The molecule has 1 aliphatic carbocycles. The fraction of sp³-hybridized carbons (Fsp3) is 0.436. The first kappa shape index (κ1) is 37.3. The number of hydrogen-bond donors (Lipinski definition) is 3. The lowest BCUT2D eigenvalue weighted by Gasteiger charge is -2.37. The van der Waals surface area contributed by atoms with Crippen molar-refractivity contribution in [1.82, 2.24) is 35.0 Å². The lowest BCUT2D eigenvalue weighted by atomic mass is 9.87. The van der Waals surface area contributed by atoms with Crippen molar-refractivity contribution >= 4 is 52.0 Å². The molecule has 280 valence electrons. The van der Waals surface area contributed by atoms with Gasteiger partial charge in [0.25, 0.3) is 5.91 Å². The molecule has 0 spiro atoms. The smallest absolute Gasteiger partial charge is 0.260 e. The number of ether oxygens (including phenoxy) is 1. The number of imide groups is 1. The number of aromatic nitrogens is 5. The van der Waals surface area contributed by atoms with Crippen LogP contribution in [0.1, 0.15) is 60.9 Å². The van der Waals surface area contributed by atoms with Gasteiger partial charge in [-0.1, -0.05) is 32.1 Å². The number of aromatic amines is 1. The van der Waals surface area contributed by atoms with Gasteiger partial charge in [-0.05, 0) is 67.8 Å². The second-order valence-electron chi connectivity index (χ2n) is 13.9. The third-order valence-corrected chi connectivity index (χ3v) is 10.3. The van der Waals surface area contributed by atoms with Crippen molar-refractivity contribution in [1.29, 1.82) is 0 Å². The summed E-state index contributed by atoms with van der Waals surface area (Å²) in [7, 11) is 3.51. The first-order valence-electron chi connectivity index (χ1n) is 18.5. The van der Waals surface area contributed by atoms with Gasteiger partial charge in [0, 0.05) is 75.2 Å². The van der Waals surface area contributed by atoms with Crippen LogP contribution in [0, 0.1) is 12.8 Å². The molecule has 2 aliphatic rings. The summed E-state index contributed by atoms with van der Waals surface area (Å²) < 4.78 is 6.86. The number of hydrogen-bond acceptors (Lipinski definition) is 10. The van der Waals surface area contributed by atoms with E-state index in [9.17, 15) is 14.4 Å². The highest BCUT2D eigenvalue weighted by molar-refractivity contribution is 6.08. The normalized spacial score (nSPS) is 15.1. The number of amides is 3. The quantitative estimate of drug-likeness (QED) is 0.149. The van der Waals surface area contributed by atoms with Gasteiger partial charge in [0.05, 0.1) is 30.6 Å². The van der Waals surface area contributed by atoms with E-state index in [2.05, 4.69) is 70.7 Å². The van der Waals surface area contributed by atoms with E-state index in [1.165, 1.54) is 63.4 Å². The zero-order chi connectivity index (χ0) is 37.2. The average molecular weight is 723 g/mol. The number of fused-ring (bicyclic) bond motifs is 2. The van der Waals surface area contributed by atoms with Crippen molar-refractivity contribution in [3.63, 3.8) is 0 Å². The number of rotatable bonds is 12. The highest BCUT2D eigenvalue weighted by Gasteiger charge is 2.21. The highest BCUT2D eigenvalue weighted by Crippen LogP contribution is 2.29. The van der Waals surface area contributed by atoms with Crippen LogP contribution in [0.5, 0.6) is 5.75 Å². The molecular weight excluding hydrogens is 672 g/mol. The van der Waals surface area contributed by atoms with Crippen molar-refractivity contribution in [2.75, 3.05) is 68.5 Å². The van der Waals surface area contributed by atoms with Crippen molar-refractivity contribution in [2.45, 2.75) is 51.9 Å². The van der Waals surface area contributed by atoms with Gasteiger partial charge < -0.3 is 19.9 Å². The van der Waals surface area contributed by atoms with E-state index in [1.807, 2.05) is 7.05 Å². The number of imidazole rings is 1. The maximum Gasteiger partial charge on any atom is 0.260 e. The number of anilines is 3. The lowest BCUT2D eigenvalue weighted by molar-refractivity contribution is -0.125. The highest BCUT2D eigenvalue weighted by atomic mass is 16.5. The van der Waals surface area contributed by atoms with Gasteiger partial charge in [0.15, 0.2) is 11.5 Å². The van der Waals surface area contributed by atoms with E-state index in [0.29, 0.717) is 42.2 Å². The number of nitrogens with zero attached hydrogens (tertiary/aromatic N) is 7. The minimum Gasteiger partial charge on any atom is -0.496 e. The second-order valence-corrected chi connectivity index (χ2v) is 13.9. The molecule has 1 saturated carbocycles. The summed E-state index contributed by atoms with van der Waals surface area (Å²) >= 11 is 0. The molecule has 0 bridgehead atoms. The van der Waals surface area contributed by atoms with E-state index < -0.39 is 0 Å². The standard InChI is InChI=1S/C24H38N4O2.C15H12N6O2/c1-20-18-22(8-9-23(20)26(2)12-11-24(30)25-19-29)28-16-14-27(15-17-28)13-10-21-6-4-3-5-7-21;1-23-12-6-11-9(7-17-20-11)5-10(12)15(22)19-14-8-16-13-3-2-4-18-21(13)14/h8-9,18-19,21H,3-7,10-17H2,1-2H3,(H,25,29,30);2-8H,1H3,(H,17,20)(H,19,22). The van der Waals surface area contributed by atoms with Crippen molar-refractivity contribution in [2.24, 2.45) is 5.92 Å². The van der Waals surface area contributed by atoms with Gasteiger partial charge in [-0.2, -0.15) is 14.7 Å². The Morgan fingerprint density at radius 2 is 1.87 bits per heavy atom. The van der Waals surface area contributed by atoms with E-state index in [-0.39, 0.29) is 11.8 Å². The molecule has 2 fully saturated rings. The number of aryl methyl sites for hydroxylation is 1. The predicted octanol–water partition coefficient (Wildman–Crippen LogP) is 5.05. The first-order chi connectivity index (χ1) is 25.8. The monoisotopic (exact) mass is 722 g/mol. The third-order valence-electron chi connectivity index (χ3n) is 10.3. The number of nitrogens with one attached hydrogen (secondary N) is 3. The molecule has 0 radical (unpaired) electrons. The van der Waals surface area contributed by atoms with Crippen LogP contribution in [0.3, 0.4) is 0 Å². The zero-order valence-corrected chi connectivity index (χ0v) is 30.9. The van der Waals surface area contributed by atoms with Gasteiger partial charge in [-0.15, -0.1) is 0 Å². The van der Waals surface area contributed by atoms with Crippen LogP contribution in [0.4, 0.5) is 17.2 Å². The summed E-state index contributed by atoms with van der Waals surface area (Å²) in [5.74, 6) is 1.36. The van der Waals surface area contributed by atoms with Crippen LogP contribution in [0.15, 0.2) is 61.1 Å². The fourth-order valence-corrected chi connectivity index (χ4v) is 7.28. The molecule has 3 amide bonds. The molecule has 53 heavy (non-hydrogen) atoms. The number of H-pyrrole nitrogens is 1. The Labute approximate surface area is 309 Å². The van der Waals surface area contributed by atoms with Crippen LogP contribution < -0.4 is 25.2 Å². The molecule has 14 nitrogen and oxygen atoms in total. The molecule has 3 N–H and O–H groups in total. The van der Waals surface area contributed by atoms with Crippen LogP contribution in [-0.4, -0.2) is 101 Å². The van der Waals surface area contributed by atoms with Crippen LogP contribution in [0.2, 0.25) is 0 Å². The first-order valence-corrected chi connectivity index (χ1v) is 18.5. The molecule has 0 atom stereocenters. The maximum atomic E-state index is 12.6. The maximum absolute atomic E-state index is 12.6. The SMILES string of the molecule is COc1cc2[nH]ncc2cc1C(=O)Nc1cnc2cccnn12.Cc1cc(N2CCN(CCC3CCCCC3)CC2)ccc1N(C)CCC(=O)NC=O. The van der Waals surface area contributed by atoms with Crippen LogP contribution >= 0.6 is 0 Å². The van der Waals surface area contributed by atoms with Crippen molar-refractivity contribution in [3.8, 4) is 5.75 Å². The number of methoxy groups -OCH3 is 1. The summed E-state index contributed by atoms with van der Waals surface area (Å²) in [6.07, 6.45) is 14.2. The Balaban J connectivity index is 0.000000187. The lowest BCUT2D eigenvalue weighted by Crippen LogP contribution is -2.47. The van der Waals surface area contributed by atoms with E-state index in [1.54, 1.807) is 47.4 Å². The zero-order valence-electron chi connectivity index (χ0n) is 30.9. The summed E-state index contributed by atoms with van der Waals surface area (Å²) in [6, 6.07) is 13.7. The molecule has 0 unspecified atom stereocenters. The minimum atomic E-state index is -0.308. The van der Waals surface area contributed by atoms with Gasteiger partial charge in [-0.3, -0.25) is 29.7 Å². The van der Waals surface area contributed by atoms with Crippen LogP contribution in [-0.2, 0) is 9.59 Å². The summed E-state index contributed by atoms with van der Waals surface area (Å²) in [6.45, 7) is 8.45. The average Bonchev–Trinajstić information content (AvgIpc) is 3.83. The Morgan fingerprint density at radius 3 is 2.62 bits per heavy atom.